The number of ketones is 1. The predicted octanol–water partition coefficient (Wildman–Crippen LogP) is 4.80. The van der Waals surface area contributed by atoms with Crippen molar-refractivity contribution in [3.63, 3.8) is 0 Å². The fraction of sp³-hybridized carbons (Fsp3) is 0.192. The third kappa shape index (κ3) is 4.17. The second-order valence-electron chi connectivity index (χ2n) is 8.15. The Morgan fingerprint density at radius 2 is 1.82 bits per heavy atom. The fourth-order valence-electron chi connectivity index (χ4n) is 4.12. The van der Waals surface area contributed by atoms with E-state index in [1.54, 1.807) is 42.7 Å². The minimum atomic E-state index is -0.904. The van der Waals surface area contributed by atoms with Crippen molar-refractivity contribution < 1.29 is 24.5 Å². The molecule has 2 aromatic carbocycles. The largest absolute Gasteiger partial charge is 0.507 e. The van der Waals surface area contributed by atoms with E-state index in [-0.39, 0.29) is 29.4 Å². The second-order valence-corrected chi connectivity index (χ2v) is 9.01. The number of aliphatic hydroxyl groups is 1. The summed E-state index contributed by atoms with van der Waals surface area (Å²) in [5.74, 6) is -1.68. The molecule has 7 nitrogen and oxygen atoms in total. The van der Waals surface area contributed by atoms with Crippen molar-refractivity contribution in [1.29, 1.82) is 0 Å². The summed E-state index contributed by atoms with van der Waals surface area (Å²) in [6.45, 7) is 3.84. The van der Waals surface area contributed by atoms with Crippen LogP contribution in [0.15, 0.2) is 64.9 Å². The number of benzene rings is 2. The number of aryl methyl sites for hydroxylation is 2. The van der Waals surface area contributed by atoms with Gasteiger partial charge in [0.15, 0.2) is 11.5 Å². The molecule has 1 aliphatic heterocycles. The number of nitrogens with zero attached hydrogens (tertiary/aromatic N) is 2. The first-order chi connectivity index (χ1) is 16.2. The Kier molecular flexibility index (Phi) is 6.43. The number of hydrogen-bond acceptors (Lipinski definition) is 6. The quantitative estimate of drug-likeness (QED) is 0.283. The van der Waals surface area contributed by atoms with E-state index in [0.29, 0.717) is 15.6 Å². The number of hydrogen-bond donors (Lipinski definition) is 2. The summed E-state index contributed by atoms with van der Waals surface area (Å²) < 4.78 is 5.63. The number of likely N-dealkylation sites (tertiary alicyclic amines) is 1. The molecule has 3 aromatic rings. The number of halogens is 1. The lowest BCUT2D eigenvalue weighted by molar-refractivity contribution is -0.140. The molecule has 0 aliphatic carbocycles. The van der Waals surface area contributed by atoms with Gasteiger partial charge in [-0.2, -0.15) is 0 Å². The lowest BCUT2D eigenvalue weighted by atomic mass is 9.93. The normalized spacial score (nSPS) is 17.3. The zero-order valence-electron chi connectivity index (χ0n) is 18.9. The first-order valence-corrected chi connectivity index (χ1v) is 11.3. The molecule has 1 atom stereocenters. The van der Waals surface area contributed by atoms with Crippen LogP contribution in [0.1, 0.15) is 33.9 Å². The van der Waals surface area contributed by atoms with Crippen LogP contribution in [0.3, 0.4) is 0 Å². The Hall–Kier alpha value is -3.65. The molecule has 0 saturated carbocycles. The monoisotopic (exact) mass is 522 g/mol. The van der Waals surface area contributed by atoms with Gasteiger partial charge in [-0.25, -0.2) is 0 Å². The highest BCUT2D eigenvalue weighted by Gasteiger charge is 2.46. The molecule has 2 heterocycles. The molecule has 4 rings (SSSR count). The number of ether oxygens (including phenoxy) is 1. The fourth-order valence-corrected chi connectivity index (χ4v) is 4.58. The molecule has 0 radical (unpaired) electrons. The van der Waals surface area contributed by atoms with Gasteiger partial charge in [0.05, 0.1) is 23.2 Å². The molecular formula is C26H23BrN2O5. The average molecular weight is 523 g/mol. The molecule has 8 heteroatoms. The number of phenolic OH excluding ortho intramolecular Hbond substituents is 1. The molecule has 1 aliphatic rings. The highest BCUT2D eigenvalue weighted by molar-refractivity contribution is 9.10. The van der Waals surface area contributed by atoms with Gasteiger partial charge in [0.2, 0.25) is 0 Å². The molecule has 1 aromatic heterocycles. The van der Waals surface area contributed by atoms with Crippen LogP contribution in [0.25, 0.3) is 5.76 Å². The SMILES string of the molecule is COc1cc(C2/C(=C(\O)c3cc(C)ccc3C)C(=O)C(=O)N2Cc2ccncc2)cc(Br)c1O. The van der Waals surface area contributed by atoms with Gasteiger partial charge in [-0.1, -0.05) is 17.7 Å². The number of carbonyl (C=O) groups excluding carboxylic acids is 2. The summed E-state index contributed by atoms with van der Waals surface area (Å²) in [4.78, 5) is 31.9. The number of pyridine rings is 1. The minimum Gasteiger partial charge on any atom is -0.507 e. The van der Waals surface area contributed by atoms with Crippen molar-refractivity contribution in [3.05, 3.63) is 92.7 Å². The molecular weight excluding hydrogens is 500 g/mol. The maximum atomic E-state index is 13.3. The van der Waals surface area contributed by atoms with Crippen LogP contribution in [0.2, 0.25) is 0 Å². The van der Waals surface area contributed by atoms with E-state index >= 15 is 0 Å². The minimum absolute atomic E-state index is 0.0209. The number of methoxy groups -OCH3 is 1. The van der Waals surface area contributed by atoms with Crippen molar-refractivity contribution in [2.75, 3.05) is 7.11 Å². The van der Waals surface area contributed by atoms with Gasteiger partial charge in [-0.3, -0.25) is 14.6 Å². The number of aromatic hydroxyl groups is 1. The maximum absolute atomic E-state index is 13.3. The summed E-state index contributed by atoms with van der Waals surface area (Å²) in [5, 5.41) is 21.7. The lowest BCUT2D eigenvalue weighted by Gasteiger charge is -2.26. The molecule has 0 spiro atoms. The van der Waals surface area contributed by atoms with Crippen LogP contribution in [-0.2, 0) is 16.1 Å². The maximum Gasteiger partial charge on any atom is 0.295 e. The van der Waals surface area contributed by atoms with E-state index < -0.39 is 17.7 Å². The standard InChI is InChI=1S/C26H23BrN2O5/c1-14-4-5-15(2)18(10-14)23(30)21-22(17-11-19(27)24(31)20(12-17)34-3)29(26(33)25(21)32)13-16-6-8-28-9-7-16/h4-12,22,30-31H,13H2,1-3H3/b23-21+. The van der Waals surface area contributed by atoms with Crippen LogP contribution >= 0.6 is 15.9 Å². The van der Waals surface area contributed by atoms with Crippen molar-refractivity contribution in [3.8, 4) is 11.5 Å². The summed E-state index contributed by atoms with van der Waals surface area (Å²) >= 11 is 3.32. The van der Waals surface area contributed by atoms with Gasteiger partial charge in [0.1, 0.15) is 5.76 Å². The number of amides is 1. The summed E-state index contributed by atoms with van der Waals surface area (Å²) in [6, 6.07) is 11.3. The molecule has 1 amide bonds. The molecule has 174 valence electrons. The van der Waals surface area contributed by atoms with Gasteiger partial charge >= 0.3 is 0 Å². The van der Waals surface area contributed by atoms with Crippen molar-refractivity contribution in [2.45, 2.75) is 26.4 Å². The van der Waals surface area contributed by atoms with E-state index in [2.05, 4.69) is 20.9 Å². The topological polar surface area (TPSA) is 100.0 Å². The number of aliphatic hydroxyl groups excluding tert-OH is 1. The Labute approximate surface area is 205 Å². The molecule has 0 bridgehead atoms. The number of rotatable bonds is 5. The molecule has 1 unspecified atom stereocenters. The number of carbonyl (C=O) groups is 2. The molecule has 2 N–H and O–H groups in total. The van der Waals surface area contributed by atoms with Crippen molar-refractivity contribution >= 4 is 33.4 Å². The van der Waals surface area contributed by atoms with Crippen LogP contribution in [0, 0.1) is 13.8 Å². The van der Waals surface area contributed by atoms with Crippen molar-refractivity contribution in [1.82, 2.24) is 9.88 Å². The van der Waals surface area contributed by atoms with Gasteiger partial charge in [-0.05, 0) is 76.8 Å². The van der Waals surface area contributed by atoms with Crippen LogP contribution in [0.5, 0.6) is 11.5 Å². The summed E-state index contributed by atoms with van der Waals surface area (Å²) in [7, 11) is 1.41. The van der Waals surface area contributed by atoms with Gasteiger partial charge in [0.25, 0.3) is 11.7 Å². The third-order valence-electron chi connectivity index (χ3n) is 5.88. The van der Waals surface area contributed by atoms with Crippen molar-refractivity contribution in [2.24, 2.45) is 0 Å². The molecule has 34 heavy (non-hydrogen) atoms. The summed E-state index contributed by atoms with van der Waals surface area (Å²) in [5.41, 5.74) is 3.42. The Morgan fingerprint density at radius 3 is 2.50 bits per heavy atom. The lowest BCUT2D eigenvalue weighted by Crippen LogP contribution is -2.29. The highest BCUT2D eigenvalue weighted by Crippen LogP contribution is 2.45. The van der Waals surface area contributed by atoms with Gasteiger partial charge < -0.3 is 19.8 Å². The smallest absolute Gasteiger partial charge is 0.295 e. The number of aromatic nitrogens is 1. The average Bonchev–Trinajstić information content (AvgIpc) is 3.07. The molecule has 1 fully saturated rings. The zero-order chi connectivity index (χ0) is 24.6. The van der Waals surface area contributed by atoms with Gasteiger partial charge in [-0.15, -0.1) is 0 Å². The Balaban J connectivity index is 1.96. The Morgan fingerprint density at radius 1 is 1.12 bits per heavy atom. The van der Waals surface area contributed by atoms with E-state index in [0.717, 1.165) is 16.7 Å². The predicted molar refractivity (Wildman–Crippen MR) is 130 cm³/mol. The van der Waals surface area contributed by atoms with E-state index in [4.69, 9.17) is 4.74 Å². The number of phenols is 1. The third-order valence-corrected chi connectivity index (χ3v) is 6.48. The van der Waals surface area contributed by atoms with Gasteiger partial charge in [0, 0.05) is 24.5 Å². The first-order valence-electron chi connectivity index (χ1n) is 10.5. The van der Waals surface area contributed by atoms with E-state index in [1.807, 2.05) is 26.0 Å². The van der Waals surface area contributed by atoms with Crippen LogP contribution in [-0.4, -0.2) is 38.9 Å². The first kappa shape index (κ1) is 23.5. The number of Topliss-reactive ketones (excluding diaryl/α,β-unsaturated/α-hetero) is 1. The Bertz CT molecular complexity index is 1320. The van der Waals surface area contributed by atoms with E-state index in [1.165, 1.54) is 12.0 Å². The highest BCUT2D eigenvalue weighted by atomic mass is 79.9. The van der Waals surface area contributed by atoms with E-state index in [9.17, 15) is 19.8 Å². The molecule has 1 saturated heterocycles. The van der Waals surface area contributed by atoms with Crippen LogP contribution < -0.4 is 4.74 Å². The second kappa shape index (κ2) is 9.30. The summed E-state index contributed by atoms with van der Waals surface area (Å²) in [6.07, 6.45) is 3.22. The van der Waals surface area contributed by atoms with Crippen LogP contribution in [0.4, 0.5) is 0 Å². The zero-order valence-corrected chi connectivity index (χ0v) is 20.5.